The second-order valence-corrected chi connectivity index (χ2v) is 8.72. The van der Waals surface area contributed by atoms with Crippen molar-refractivity contribution in [3.8, 4) is 11.5 Å². The molecule has 0 saturated carbocycles. The van der Waals surface area contributed by atoms with Crippen LogP contribution in [-0.4, -0.2) is 66.8 Å². The molecule has 1 fully saturated rings. The number of carbonyl (C=O) groups is 1. The number of ether oxygens (including phenoxy) is 3. The number of hydrogen-bond donors (Lipinski definition) is 1. The largest absolute Gasteiger partial charge is 0.497 e. The van der Waals surface area contributed by atoms with Gasteiger partial charge in [-0.05, 0) is 36.4 Å². The van der Waals surface area contributed by atoms with Crippen molar-refractivity contribution in [3.05, 3.63) is 47.5 Å². The van der Waals surface area contributed by atoms with Crippen LogP contribution in [0.15, 0.2) is 41.3 Å². The predicted octanol–water partition coefficient (Wildman–Crippen LogP) is 1.46. The van der Waals surface area contributed by atoms with Gasteiger partial charge in [0, 0.05) is 38.3 Å². The first kappa shape index (κ1) is 22.9. The number of anilines is 1. The van der Waals surface area contributed by atoms with Crippen LogP contribution in [0.3, 0.4) is 0 Å². The number of rotatable bonds is 7. The first-order valence-corrected chi connectivity index (χ1v) is 11.2. The van der Waals surface area contributed by atoms with E-state index in [0.29, 0.717) is 25.3 Å². The lowest BCUT2D eigenvalue weighted by molar-refractivity contribution is 0.0601. The van der Waals surface area contributed by atoms with E-state index in [0.717, 1.165) is 30.2 Å². The summed E-state index contributed by atoms with van der Waals surface area (Å²) >= 11 is 0. The van der Waals surface area contributed by atoms with Crippen molar-refractivity contribution in [2.24, 2.45) is 5.14 Å². The van der Waals surface area contributed by atoms with E-state index in [2.05, 4.69) is 4.90 Å². The van der Waals surface area contributed by atoms with Crippen LogP contribution in [0.25, 0.3) is 0 Å². The zero-order valence-corrected chi connectivity index (χ0v) is 18.6. The van der Waals surface area contributed by atoms with Gasteiger partial charge in [0.1, 0.15) is 11.5 Å². The van der Waals surface area contributed by atoms with Gasteiger partial charge in [-0.25, -0.2) is 18.4 Å². The van der Waals surface area contributed by atoms with Crippen LogP contribution < -0.4 is 19.5 Å². The molecule has 0 atom stereocenters. The number of primary sulfonamides is 1. The summed E-state index contributed by atoms with van der Waals surface area (Å²) in [5.74, 6) is 0.964. The lowest BCUT2D eigenvalue weighted by Gasteiger charge is -2.37. The van der Waals surface area contributed by atoms with Crippen molar-refractivity contribution in [3.63, 3.8) is 0 Å². The molecule has 3 rings (SSSR count). The van der Waals surface area contributed by atoms with Crippen LogP contribution in [0.2, 0.25) is 0 Å². The number of esters is 1. The van der Waals surface area contributed by atoms with Gasteiger partial charge in [0.25, 0.3) is 0 Å². The third kappa shape index (κ3) is 5.27. The normalized spacial score (nSPS) is 14.9. The van der Waals surface area contributed by atoms with Crippen molar-refractivity contribution in [1.29, 1.82) is 0 Å². The summed E-state index contributed by atoms with van der Waals surface area (Å²) in [6, 6.07) is 9.99. The lowest BCUT2D eigenvalue weighted by Crippen LogP contribution is -2.46. The average molecular weight is 450 g/mol. The van der Waals surface area contributed by atoms with Crippen LogP contribution in [0.1, 0.15) is 15.9 Å². The third-order valence-electron chi connectivity index (χ3n) is 5.30. The molecule has 2 N–H and O–H groups in total. The monoisotopic (exact) mass is 449 g/mol. The molecule has 1 aliphatic heterocycles. The van der Waals surface area contributed by atoms with Gasteiger partial charge in [-0.2, -0.15) is 0 Å². The molecule has 2 aromatic carbocycles. The standard InChI is InChI=1S/C21H27N3O6S/c1-28-16-4-7-20(29-2)15(12-16)14-23-8-10-24(11-9-23)19-6-5-17(31(22,26)27)13-18(19)21(25)30-3/h4-7,12-13H,8-11,14H2,1-3H3,(H2,22,26,27). The molecule has 0 radical (unpaired) electrons. The Kier molecular flexibility index (Phi) is 7.04. The summed E-state index contributed by atoms with van der Waals surface area (Å²) in [5.41, 5.74) is 1.83. The van der Waals surface area contributed by atoms with E-state index in [9.17, 15) is 13.2 Å². The van der Waals surface area contributed by atoms with Gasteiger partial charge < -0.3 is 19.1 Å². The highest BCUT2D eigenvalue weighted by atomic mass is 32.2. The summed E-state index contributed by atoms with van der Waals surface area (Å²) in [6.45, 7) is 3.51. The predicted molar refractivity (Wildman–Crippen MR) is 116 cm³/mol. The molecule has 2 aromatic rings. The Labute approximate surface area is 182 Å². The molecule has 1 saturated heterocycles. The Morgan fingerprint density at radius 3 is 2.29 bits per heavy atom. The van der Waals surface area contributed by atoms with Crippen molar-refractivity contribution < 1.29 is 27.4 Å². The molecule has 1 aliphatic rings. The van der Waals surface area contributed by atoms with E-state index in [1.807, 2.05) is 23.1 Å². The zero-order valence-electron chi connectivity index (χ0n) is 17.8. The van der Waals surface area contributed by atoms with Crippen LogP contribution >= 0.6 is 0 Å². The van der Waals surface area contributed by atoms with Gasteiger partial charge in [-0.3, -0.25) is 4.90 Å². The molecule has 31 heavy (non-hydrogen) atoms. The fraction of sp³-hybridized carbons (Fsp3) is 0.381. The highest BCUT2D eigenvalue weighted by Crippen LogP contribution is 2.28. The second kappa shape index (κ2) is 9.54. The summed E-state index contributed by atoms with van der Waals surface area (Å²) in [4.78, 5) is 16.5. The number of sulfonamides is 1. The Morgan fingerprint density at radius 2 is 1.71 bits per heavy atom. The maximum atomic E-state index is 12.3. The molecule has 0 spiro atoms. The molecular weight excluding hydrogens is 422 g/mol. The molecule has 0 aliphatic carbocycles. The minimum absolute atomic E-state index is 0.125. The van der Waals surface area contributed by atoms with Gasteiger partial charge in [-0.15, -0.1) is 0 Å². The molecule has 0 unspecified atom stereocenters. The average Bonchev–Trinajstić information content (AvgIpc) is 2.78. The van der Waals surface area contributed by atoms with E-state index in [1.54, 1.807) is 20.3 Å². The quantitative estimate of drug-likeness (QED) is 0.633. The number of benzene rings is 2. The molecule has 0 amide bonds. The fourth-order valence-corrected chi connectivity index (χ4v) is 4.17. The smallest absolute Gasteiger partial charge is 0.340 e. The highest BCUT2D eigenvalue weighted by molar-refractivity contribution is 7.89. The molecule has 0 aromatic heterocycles. The number of nitrogens with zero attached hydrogens (tertiary/aromatic N) is 2. The van der Waals surface area contributed by atoms with Crippen molar-refractivity contribution in [2.45, 2.75) is 11.4 Å². The topological polar surface area (TPSA) is 111 Å². The third-order valence-corrected chi connectivity index (χ3v) is 6.21. The maximum Gasteiger partial charge on any atom is 0.340 e. The summed E-state index contributed by atoms with van der Waals surface area (Å²) in [6.07, 6.45) is 0. The van der Waals surface area contributed by atoms with E-state index >= 15 is 0 Å². The van der Waals surface area contributed by atoms with Gasteiger partial charge in [-0.1, -0.05) is 0 Å². The van der Waals surface area contributed by atoms with Crippen molar-refractivity contribution >= 4 is 21.7 Å². The second-order valence-electron chi connectivity index (χ2n) is 7.16. The first-order chi connectivity index (χ1) is 14.8. The number of nitrogens with two attached hydrogens (primary N) is 1. The van der Waals surface area contributed by atoms with E-state index < -0.39 is 16.0 Å². The molecular formula is C21H27N3O6S. The summed E-state index contributed by atoms with van der Waals surface area (Å²) in [5, 5.41) is 5.21. The number of hydrogen-bond acceptors (Lipinski definition) is 8. The van der Waals surface area contributed by atoms with E-state index in [1.165, 1.54) is 19.2 Å². The zero-order chi connectivity index (χ0) is 22.6. The minimum Gasteiger partial charge on any atom is -0.497 e. The van der Waals surface area contributed by atoms with Gasteiger partial charge in [0.05, 0.1) is 37.5 Å². The number of methoxy groups -OCH3 is 3. The van der Waals surface area contributed by atoms with Crippen LogP contribution in [0.4, 0.5) is 5.69 Å². The Bertz CT molecular complexity index is 1050. The van der Waals surface area contributed by atoms with E-state index in [4.69, 9.17) is 19.3 Å². The van der Waals surface area contributed by atoms with Gasteiger partial charge in [0.2, 0.25) is 10.0 Å². The molecule has 9 nitrogen and oxygen atoms in total. The molecule has 1 heterocycles. The highest BCUT2D eigenvalue weighted by Gasteiger charge is 2.24. The fourth-order valence-electron chi connectivity index (χ4n) is 3.63. The van der Waals surface area contributed by atoms with Gasteiger partial charge in [0.15, 0.2) is 0 Å². The van der Waals surface area contributed by atoms with Crippen molar-refractivity contribution in [1.82, 2.24) is 4.90 Å². The molecule has 0 bridgehead atoms. The number of carbonyl (C=O) groups excluding carboxylic acids is 1. The van der Waals surface area contributed by atoms with Crippen LogP contribution in [-0.2, 0) is 21.3 Å². The summed E-state index contributed by atoms with van der Waals surface area (Å²) < 4.78 is 39.0. The Morgan fingerprint density at radius 1 is 1.00 bits per heavy atom. The van der Waals surface area contributed by atoms with Crippen molar-refractivity contribution in [2.75, 3.05) is 52.4 Å². The Balaban J connectivity index is 1.76. The Hall–Kier alpha value is -2.82. The first-order valence-electron chi connectivity index (χ1n) is 9.70. The van der Waals surface area contributed by atoms with Crippen LogP contribution in [0, 0.1) is 0 Å². The lowest BCUT2D eigenvalue weighted by atomic mass is 10.1. The van der Waals surface area contributed by atoms with E-state index in [-0.39, 0.29) is 10.5 Å². The maximum absolute atomic E-state index is 12.3. The molecule has 10 heteroatoms. The minimum atomic E-state index is -3.93. The summed E-state index contributed by atoms with van der Waals surface area (Å²) in [7, 11) is 0.603. The van der Waals surface area contributed by atoms with Crippen LogP contribution in [0.5, 0.6) is 11.5 Å². The molecule has 168 valence electrons. The number of piperazine rings is 1. The SMILES string of the molecule is COC(=O)c1cc(S(N)(=O)=O)ccc1N1CCN(Cc2cc(OC)ccc2OC)CC1. The van der Waals surface area contributed by atoms with Gasteiger partial charge >= 0.3 is 5.97 Å².